The van der Waals surface area contributed by atoms with E-state index in [0.29, 0.717) is 0 Å². The van der Waals surface area contributed by atoms with Crippen molar-refractivity contribution in [3.05, 3.63) is 26.6 Å². The van der Waals surface area contributed by atoms with Gasteiger partial charge < -0.3 is 0 Å². The fraction of sp³-hybridized carbons (Fsp3) is 0.714. The molecule has 0 aromatic carbocycles. The van der Waals surface area contributed by atoms with Gasteiger partial charge in [0.15, 0.2) is 0 Å². The summed E-state index contributed by atoms with van der Waals surface area (Å²) < 4.78 is 30.0. The van der Waals surface area contributed by atoms with Crippen LogP contribution in [0.2, 0.25) is 0 Å². The molecule has 0 aromatic rings. The molecule has 0 aliphatic heterocycles. The van der Waals surface area contributed by atoms with E-state index in [1.165, 1.54) is 64.2 Å². The standard InChI is InChI=1S/2C5H10.4CO.2Fe/c2*1-2-4-5-3-1;4*1-2;;/h2*1-5H2;;;;;;. The molecule has 0 amide bonds. The van der Waals surface area contributed by atoms with Crippen LogP contribution in [0.4, 0.5) is 0 Å². The Labute approximate surface area is 143 Å². The van der Waals surface area contributed by atoms with Gasteiger partial charge in [0.05, 0.1) is 0 Å². The van der Waals surface area contributed by atoms with Crippen LogP contribution in [0.3, 0.4) is 0 Å². The van der Waals surface area contributed by atoms with Gasteiger partial charge in [-0.25, -0.2) is 0 Å². The Morgan fingerprint density at radius 2 is 0.350 bits per heavy atom. The Bertz CT molecular complexity index is 143. The van der Waals surface area contributed by atoms with Crippen LogP contribution in [-0.2, 0) is 52.7 Å². The van der Waals surface area contributed by atoms with E-state index >= 15 is 0 Å². The minimum Gasteiger partial charge on any atom is 0 e. The fourth-order valence-electron chi connectivity index (χ4n) is 1.77. The maximum absolute atomic E-state index is 7.50. The van der Waals surface area contributed by atoms with E-state index in [1.54, 1.807) is 0 Å². The molecule has 4 nitrogen and oxygen atoms in total. The summed E-state index contributed by atoms with van der Waals surface area (Å²) in [6, 6.07) is 0. The molecule has 2 rings (SSSR count). The molecule has 6 heteroatoms. The van der Waals surface area contributed by atoms with Gasteiger partial charge in [0.2, 0.25) is 0 Å². The average molecular weight is 364 g/mol. The largest absolute Gasteiger partial charge is 0 e. The first-order chi connectivity index (χ1) is 9.00. The molecule has 116 valence electrons. The third-order valence-electron chi connectivity index (χ3n) is 2.50. The van der Waals surface area contributed by atoms with E-state index in [4.69, 9.17) is 18.6 Å². The van der Waals surface area contributed by atoms with E-state index in [1.807, 2.05) is 0 Å². The van der Waals surface area contributed by atoms with Crippen LogP contribution < -0.4 is 0 Å². The van der Waals surface area contributed by atoms with Crippen LogP contribution in [0, 0.1) is 26.6 Å². The third-order valence-corrected chi connectivity index (χ3v) is 2.50. The van der Waals surface area contributed by atoms with Gasteiger partial charge in [0.1, 0.15) is 0 Å². The zero-order chi connectivity index (χ0) is 15.1. The van der Waals surface area contributed by atoms with Crippen molar-refractivity contribution < 1.29 is 52.7 Å². The van der Waals surface area contributed by atoms with Gasteiger partial charge in [-0.1, -0.05) is 64.2 Å². The molecule has 2 aliphatic carbocycles. The summed E-state index contributed by atoms with van der Waals surface area (Å²) in [6.07, 6.45) is 15.0. The van der Waals surface area contributed by atoms with Crippen LogP contribution >= 0.6 is 0 Å². The Morgan fingerprint density at radius 3 is 0.400 bits per heavy atom. The van der Waals surface area contributed by atoms with Crippen molar-refractivity contribution in [3.63, 3.8) is 0 Å². The van der Waals surface area contributed by atoms with Crippen molar-refractivity contribution >= 4 is 0 Å². The molecule has 0 unspecified atom stereocenters. The molecule has 0 N–H and O–H groups in total. The molecule has 0 bridgehead atoms. The minimum absolute atomic E-state index is 0. The van der Waals surface area contributed by atoms with E-state index < -0.39 is 0 Å². The van der Waals surface area contributed by atoms with Crippen LogP contribution in [0.15, 0.2) is 0 Å². The van der Waals surface area contributed by atoms with Crippen molar-refractivity contribution in [1.82, 2.24) is 0 Å². The molecule has 2 saturated carbocycles. The summed E-state index contributed by atoms with van der Waals surface area (Å²) >= 11 is 0. The van der Waals surface area contributed by atoms with Gasteiger partial charge in [0, 0.05) is 34.1 Å². The Hall–Kier alpha value is -0.00104. The van der Waals surface area contributed by atoms with Gasteiger partial charge in [-0.05, 0) is 0 Å². The average Bonchev–Trinajstić information content (AvgIpc) is 3.25. The van der Waals surface area contributed by atoms with Crippen molar-refractivity contribution in [3.8, 4) is 0 Å². The SMILES string of the molecule is C1CCCC1.C1CCCC1.[C-]#[O+].[C-]#[O+].[C-]#[O+].[C-]#[O+].[Fe].[Fe]. The predicted molar refractivity (Wildman–Crippen MR) is 61.9 cm³/mol. The summed E-state index contributed by atoms with van der Waals surface area (Å²) in [6.45, 7) is 18.0. The molecular weight excluding hydrogens is 344 g/mol. The molecule has 2 aliphatic rings. The zero-order valence-electron chi connectivity index (χ0n) is 11.4. The normalized spacial score (nSPS) is 12.4. The van der Waals surface area contributed by atoms with Gasteiger partial charge in [-0.15, -0.1) is 0 Å². The fourth-order valence-corrected chi connectivity index (χ4v) is 1.77. The smallest absolute Gasteiger partial charge is 0 e. The first-order valence-corrected chi connectivity index (χ1v) is 5.82. The second-order valence-electron chi connectivity index (χ2n) is 3.54. The monoisotopic (exact) mass is 364 g/mol. The number of hydrogen-bond acceptors (Lipinski definition) is 0. The van der Waals surface area contributed by atoms with Crippen molar-refractivity contribution in [2.75, 3.05) is 0 Å². The Morgan fingerprint density at radius 1 is 0.300 bits per heavy atom. The number of hydrogen-bond donors (Lipinski definition) is 0. The molecule has 0 spiro atoms. The zero-order valence-corrected chi connectivity index (χ0v) is 13.6. The molecule has 0 atom stereocenters. The van der Waals surface area contributed by atoms with Gasteiger partial charge in [-0.2, -0.15) is 0 Å². The molecule has 2 fully saturated rings. The minimum atomic E-state index is 0. The second-order valence-corrected chi connectivity index (χ2v) is 3.54. The molecule has 0 radical (unpaired) electrons. The molecular formula is C14H20Fe2O4. The summed E-state index contributed by atoms with van der Waals surface area (Å²) in [5, 5.41) is 0. The Balaban J connectivity index is -0.0000000311. The van der Waals surface area contributed by atoms with Crippen LogP contribution in [0.25, 0.3) is 0 Å². The van der Waals surface area contributed by atoms with Gasteiger partial charge >= 0.3 is 45.2 Å². The van der Waals surface area contributed by atoms with Gasteiger partial charge in [-0.3, -0.25) is 0 Å². The van der Waals surface area contributed by atoms with Gasteiger partial charge in [0.25, 0.3) is 0 Å². The quantitative estimate of drug-likeness (QED) is 0.357. The second kappa shape index (κ2) is 61.6. The molecule has 0 saturated heterocycles. The summed E-state index contributed by atoms with van der Waals surface area (Å²) in [4.78, 5) is 0. The topological polar surface area (TPSA) is 79.6 Å². The van der Waals surface area contributed by atoms with Crippen LogP contribution in [0.1, 0.15) is 64.2 Å². The van der Waals surface area contributed by atoms with E-state index in [0.717, 1.165) is 0 Å². The maximum Gasteiger partial charge on any atom is 0 e. The van der Waals surface area contributed by atoms with Crippen molar-refractivity contribution in [2.45, 2.75) is 64.2 Å². The van der Waals surface area contributed by atoms with Crippen LogP contribution in [0.5, 0.6) is 0 Å². The first-order valence-electron chi connectivity index (χ1n) is 5.82. The van der Waals surface area contributed by atoms with Crippen molar-refractivity contribution in [2.24, 2.45) is 0 Å². The molecule has 20 heavy (non-hydrogen) atoms. The molecule has 0 aromatic heterocycles. The summed E-state index contributed by atoms with van der Waals surface area (Å²) in [5.41, 5.74) is 0. The molecule has 0 heterocycles. The van der Waals surface area contributed by atoms with Crippen molar-refractivity contribution in [1.29, 1.82) is 0 Å². The predicted octanol–water partition coefficient (Wildman–Crippen LogP) is 3.75. The van der Waals surface area contributed by atoms with Crippen LogP contribution in [-0.4, -0.2) is 0 Å². The summed E-state index contributed by atoms with van der Waals surface area (Å²) in [7, 11) is 0. The Kier molecular flexibility index (Phi) is 113. The first kappa shape index (κ1) is 36.8. The third kappa shape index (κ3) is 52.0. The van der Waals surface area contributed by atoms with E-state index in [9.17, 15) is 0 Å². The van der Waals surface area contributed by atoms with E-state index in [2.05, 4.69) is 26.6 Å². The van der Waals surface area contributed by atoms with E-state index in [-0.39, 0.29) is 34.1 Å². The maximum atomic E-state index is 7.50. The summed E-state index contributed by atoms with van der Waals surface area (Å²) in [5.74, 6) is 0. The number of rotatable bonds is 0.